The Kier molecular flexibility index (Phi) is 10.5. The van der Waals surface area contributed by atoms with Gasteiger partial charge in [-0.3, -0.25) is 19.7 Å². The highest BCUT2D eigenvalue weighted by molar-refractivity contribution is 8.00. The smallest absolute Gasteiger partial charge is 0.348 e. The van der Waals surface area contributed by atoms with Crippen LogP contribution in [-0.2, 0) is 27.9 Å². The second-order valence-electron chi connectivity index (χ2n) is 8.40. The fourth-order valence-electron chi connectivity index (χ4n) is 3.46. The minimum Gasteiger partial charge on any atom is -0.462 e. The van der Waals surface area contributed by atoms with Crippen LogP contribution in [0.2, 0.25) is 0 Å². The van der Waals surface area contributed by atoms with E-state index < -0.39 is 33.9 Å². The van der Waals surface area contributed by atoms with Gasteiger partial charge in [0, 0.05) is 24.7 Å². The predicted octanol–water partition coefficient (Wildman–Crippen LogP) is 3.50. The minimum absolute atomic E-state index is 0.0223. The normalized spacial score (nSPS) is 11.4. The fraction of sp³-hybridized carbons (Fsp3) is 0.360. The van der Waals surface area contributed by atoms with E-state index in [1.54, 1.807) is 39.3 Å². The van der Waals surface area contributed by atoms with Crippen molar-refractivity contribution in [2.75, 3.05) is 18.5 Å². The lowest BCUT2D eigenvalue weighted by molar-refractivity contribution is -0.384. The first kappa shape index (κ1) is 31.2. The number of nitrogens with zero attached hydrogens (tertiary/aromatic N) is 4. The van der Waals surface area contributed by atoms with Crippen LogP contribution < -0.4 is 10.6 Å². The molecule has 0 saturated heterocycles. The molecule has 0 fully saturated rings. The molecule has 41 heavy (non-hydrogen) atoms. The molecule has 0 aliphatic carbocycles. The van der Waals surface area contributed by atoms with Crippen molar-refractivity contribution in [2.45, 2.75) is 44.6 Å². The van der Waals surface area contributed by atoms with Gasteiger partial charge >= 0.3 is 11.9 Å². The number of amides is 2. The van der Waals surface area contributed by atoms with Crippen molar-refractivity contribution in [3.05, 3.63) is 61.8 Å². The van der Waals surface area contributed by atoms with Gasteiger partial charge in [-0.1, -0.05) is 11.8 Å². The molecule has 0 aliphatic heterocycles. The lowest BCUT2D eigenvalue weighted by atomic mass is 10.1. The largest absolute Gasteiger partial charge is 0.462 e. The predicted molar refractivity (Wildman–Crippen MR) is 150 cm³/mol. The number of benzene rings is 1. The Morgan fingerprint density at radius 3 is 2.34 bits per heavy atom. The minimum atomic E-state index is -0.691. The molecule has 2 aromatic heterocycles. The summed E-state index contributed by atoms with van der Waals surface area (Å²) in [7, 11) is 1.67. The number of rotatable bonds is 12. The maximum Gasteiger partial charge on any atom is 0.348 e. The molecule has 16 heteroatoms. The number of thiophene rings is 1. The van der Waals surface area contributed by atoms with Gasteiger partial charge in [0.15, 0.2) is 11.0 Å². The van der Waals surface area contributed by atoms with Gasteiger partial charge in [-0.15, -0.1) is 21.5 Å². The number of hydrogen-bond acceptors (Lipinski definition) is 12. The van der Waals surface area contributed by atoms with Gasteiger partial charge in [-0.25, -0.2) is 9.59 Å². The van der Waals surface area contributed by atoms with E-state index in [4.69, 9.17) is 9.47 Å². The average Bonchev–Trinajstić information content (AvgIpc) is 3.45. The molecule has 0 radical (unpaired) electrons. The molecule has 2 heterocycles. The Hall–Kier alpha value is -4.31. The Morgan fingerprint density at radius 2 is 1.73 bits per heavy atom. The van der Waals surface area contributed by atoms with Crippen molar-refractivity contribution in [2.24, 2.45) is 7.05 Å². The summed E-state index contributed by atoms with van der Waals surface area (Å²) in [6.07, 6.45) is 0. The third-order valence-corrected chi connectivity index (χ3v) is 7.97. The summed E-state index contributed by atoms with van der Waals surface area (Å²) >= 11 is 2.03. The third kappa shape index (κ3) is 7.46. The number of nitro benzene ring substituents is 1. The van der Waals surface area contributed by atoms with Crippen LogP contribution in [0.1, 0.15) is 62.5 Å². The summed E-state index contributed by atoms with van der Waals surface area (Å²) in [4.78, 5) is 60.9. The van der Waals surface area contributed by atoms with Gasteiger partial charge in [0.25, 0.3) is 11.6 Å². The Bertz CT molecular complexity index is 1470. The summed E-state index contributed by atoms with van der Waals surface area (Å²) in [5.41, 5.74) is 0.571. The second kappa shape index (κ2) is 13.8. The van der Waals surface area contributed by atoms with E-state index in [1.807, 2.05) is 0 Å². The number of nitro groups is 1. The van der Waals surface area contributed by atoms with E-state index in [0.717, 1.165) is 23.1 Å². The van der Waals surface area contributed by atoms with Gasteiger partial charge in [0.2, 0.25) is 5.91 Å². The first-order chi connectivity index (χ1) is 19.5. The number of ether oxygens (including phenoxy) is 2. The van der Waals surface area contributed by atoms with Crippen molar-refractivity contribution in [3.8, 4) is 0 Å². The Balaban J connectivity index is 1.68. The van der Waals surface area contributed by atoms with Crippen LogP contribution in [0, 0.1) is 17.0 Å². The number of non-ortho nitro benzene ring substituents is 1. The number of aromatic nitrogens is 3. The van der Waals surface area contributed by atoms with E-state index in [9.17, 15) is 29.3 Å². The Morgan fingerprint density at radius 1 is 1.10 bits per heavy atom. The van der Waals surface area contributed by atoms with Crippen molar-refractivity contribution in [1.82, 2.24) is 20.1 Å². The number of carbonyl (C=O) groups is 4. The molecule has 3 aromatic rings. The van der Waals surface area contributed by atoms with Crippen LogP contribution in [0.4, 0.5) is 10.7 Å². The summed E-state index contributed by atoms with van der Waals surface area (Å²) in [6, 6.07) is 5.18. The zero-order valence-electron chi connectivity index (χ0n) is 22.9. The first-order valence-corrected chi connectivity index (χ1v) is 14.0. The van der Waals surface area contributed by atoms with Crippen molar-refractivity contribution >= 4 is 57.5 Å². The fourth-order valence-corrected chi connectivity index (χ4v) is 5.39. The number of thioether (sulfide) groups is 1. The number of hydrogen-bond donors (Lipinski definition) is 2. The molecule has 218 valence electrons. The zero-order valence-corrected chi connectivity index (χ0v) is 24.5. The van der Waals surface area contributed by atoms with Gasteiger partial charge in [-0.05, 0) is 45.4 Å². The Labute approximate surface area is 243 Å². The van der Waals surface area contributed by atoms with Crippen molar-refractivity contribution in [3.63, 3.8) is 0 Å². The van der Waals surface area contributed by atoms with Gasteiger partial charge in [0.1, 0.15) is 9.88 Å². The standard InChI is InChI=1S/C25H28N6O8S2/c1-6-38-23(34)18-13(3)19(24(35)39-7-2)41-22(18)27-20(32)14(4)40-25-29-28-17(30(25)5)12-26-21(33)15-8-10-16(11-9-15)31(36)37/h8-11,14H,6-7,12H2,1-5H3,(H,26,33)(H,27,32). The second-order valence-corrected chi connectivity index (χ2v) is 10.7. The van der Waals surface area contributed by atoms with Gasteiger partial charge in [-0.2, -0.15) is 0 Å². The summed E-state index contributed by atoms with van der Waals surface area (Å²) < 4.78 is 11.8. The lowest BCUT2D eigenvalue weighted by Crippen LogP contribution is -2.25. The lowest BCUT2D eigenvalue weighted by Gasteiger charge is -2.12. The SMILES string of the molecule is CCOC(=O)c1sc(NC(=O)C(C)Sc2nnc(CNC(=O)c3ccc([N+](=O)[O-])cc3)n2C)c(C(=O)OCC)c1C. The maximum absolute atomic E-state index is 13.1. The van der Waals surface area contributed by atoms with Crippen LogP contribution in [0.25, 0.3) is 0 Å². The molecule has 2 N–H and O–H groups in total. The molecule has 3 rings (SSSR count). The molecule has 0 spiro atoms. The first-order valence-electron chi connectivity index (χ1n) is 12.3. The van der Waals surface area contributed by atoms with E-state index in [0.29, 0.717) is 16.5 Å². The molecular formula is C25H28N6O8S2. The van der Waals surface area contributed by atoms with E-state index >= 15 is 0 Å². The zero-order chi connectivity index (χ0) is 30.3. The van der Waals surface area contributed by atoms with Crippen LogP contribution in [0.5, 0.6) is 0 Å². The van der Waals surface area contributed by atoms with Crippen LogP contribution in [0.15, 0.2) is 29.4 Å². The monoisotopic (exact) mass is 604 g/mol. The topological polar surface area (TPSA) is 185 Å². The van der Waals surface area contributed by atoms with Crippen LogP contribution in [0.3, 0.4) is 0 Å². The van der Waals surface area contributed by atoms with Crippen molar-refractivity contribution in [1.29, 1.82) is 0 Å². The highest BCUT2D eigenvalue weighted by Crippen LogP contribution is 2.35. The van der Waals surface area contributed by atoms with Crippen LogP contribution in [-0.4, -0.2) is 61.9 Å². The highest BCUT2D eigenvalue weighted by atomic mass is 32.2. The van der Waals surface area contributed by atoms with Crippen LogP contribution >= 0.6 is 23.1 Å². The molecule has 0 saturated carbocycles. The third-order valence-electron chi connectivity index (χ3n) is 5.65. The highest BCUT2D eigenvalue weighted by Gasteiger charge is 2.29. The number of nitrogens with one attached hydrogen (secondary N) is 2. The molecule has 1 unspecified atom stereocenters. The molecular weight excluding hydrogens is 576 g/mol. The quantitative estimate of drug-likeness (QED) is 0.133. The number of carbonyl (C=O) groups excluding carboxylic acids is 4. The maximum atomic E-state index is 13.1. The molecule has 14 nitrogen and oxygen atoms in total. The number of anilines is 1. The summed E-state index contributed by atoms with van der Waals surface area (Å²) in [6.45, 7) is 6.84. The summed E-state index contributed by atoms with van der Waals surface area (Å²) in [5.74, 6) is -1.76. The van der Waals surface area contributed by atoms with E-state index in [1.165, 1.54) is 24.3 Å². The van der Waals surface area contributed by atoms with E-state index in [2.05, 4.69) is 20.8 Å². The van der Waals surface area contributed by atoms with Crippen molar-refractivity contribution < 1.29 is 33.6 Å². The molecule has 1 atom stereocenters. The van der Waals surface area contributed by atoms with E-state index in [-0.39, 0.29) is 46.5 Å². The molecule has 0 bridgehead atoms. The average molecular weight is 605 g/mol. The van der Waals surface area contributed by atoms with Gasteiger partial charge in [0.05, 0.1) is 35.5 Å². The van der Waals surface area contributed by atoms with Gasteiger partial charge < -0.3 is 24.7 Å². The summed E-state index contributed by atoms with van der Waals surface area (Å²) in [5, 5.41) is 24.2. The molecule has 2 amide bonds. The molecule has 0 aliphatic rings. The molecule has 1 aromatic carbocycles. The number of esters is 2.